The first-order valence-electron chi connectivity index (χ1n) is 12.1. The van der Waals surface area contributed by atoms with Crippen molar-refractivity contribution in [2.75, 3.05) is 24.4 Å². The maximum atomic E-state index is 13.4. The smallest absolute Gasteiger partial charge is 0.244 e. The van der Waals surface area contributed by atoms with Gasteiger partial charge in [-0.15, -0.1) is 11.3 Å². The predicted octanol–water partition coefficient (Wildman–Crippen LogP) is 3.57. The number of nitrogens with one attached hydrogen (secondary N) is 2. The van der Waals surface area contributed by atoms with Gasteiger partial charge in [-0.05, 0) is 39.2 Å². The summed E-state index contributed by atoms with van der Waals surface area (Å²) in [5, 5.41) is 27.7. The van der Waals surface area contributed by atoms with Crippen LogP contribution in [0.15, 0.2) is 12.3 Å². The minimum absolute atomic E-state index is 0.0789. The highest BCUT2D eigenvalue weighted by Crippen LogP contribution is 2.44. The van der Waals surface area contributed by atoms with E-state index < -0.39 is 30.6 Å². The van der Waals surface area contributed by atoms with E-state index in [-0.39, 0.29) is 12.5 Å². The van der Waals surface area contributed by atoms with Gasteiger partial charge in [-0.1, -0.05) is 0 Å². The van der Waals surface area contributed by atoms with Crippen molar-refractivity contribution in [2.45, 2.75) is 69.7 Å². The van der Waals surface area contributed by atoms with Crippen molar-refractivity contribution in [1.82, 2.24) is 19.9 Å². The molecule has 0 amide bonds. The lowest BCUT2D eigenvalue weighted by Crippen LogP contribution is -2.36. The van der Waals surface area contributed by atoms with Gasteiger partial charge in [0.05, 0.1) is 46.3 Å². The molecule has 4 N–H and O–H groups in total. The van der Waals surface area contributed by atoms with Gasteiger partial charge < -0.3 is 25.6 Å². The van der Waals surface area contributed by atoms with Crippen LogP contribution in [0.4, 0.5) is 20.5 Å². The van der Waals surface area contributed by atoms with Gasteiger partial charge in [-0.2, -0.15) is 4.98 Å². The summed E-state index contributed by atoms with van der Waals surface area (Å²) >= 11 is 1.49. The van der Waals surface area contributed by atoms with Crippen LogP contribution in [0.25, 0.3) is 20.8 Å². The number of aliphatic hydroxyl groups excluding tert-OH is 2. The quantitative estimate of drug-likeness (QED) is 0.335. The van der Waals surface area contributed by atoms with E-state index >= 15 is 0 Å². The van der Waals surface area contributed by atoms with Crippen LogP contribution in [0.1, 0.15) is 43.5 Å². The van der Waals surface area contributed by atoms with E-state index in [9.17, 15) is 19.0 Å². The summed E-state index contributed by atoms with van der Waals surface area (Å²) < 4.78 is 33.0. The van der Waals surface area contributed by atoms with Crippen molar-refractivity contribution in [3.63, 3.8) is 0 Å². The Kier molecular flexibility index (Phi) is 7.03. The van der Waals surface area contributed by atoms with Crippen molar-refractivity contribution in [3.05, 3.63) is 23.7 Å². The second-order valence-corrected chi connectivity index (χ2v) is 10.7. The van der Waals surface area contributed by atoms with Crippen molar-refractivity contribution in [3.8, 4) is 10.6 Å². The van der Waals surface area contributed by atoms with Gasteiger partial charge in [0.15, 0.2) is 0 Å². The molecule has 0 bridgehead atoms. The molecule has 2 saturated carbocycles. The molecule has 3 aromatic rings. The first-order valence-corrected chi connectivity index (χ1v) is 12.9. The lowest BCUT2D eigenvalue weighted by atomic mass is 10.1. The highest BCUT2D eigenvalue weighted by atomic mass is 32.1. The maximum absolute atomic E-state index is 13.4. The Bertz CT molecular complexity index is 1240. The Hall–Kier alpha value is -2.54. The number of halogens is 2. The number of anilines is 2. The normalized spacial score (nSPS) is 25.0. The number of pyridine rings is 1. The average Bonchev–Trinajstić information content (AvgIpc) is 3.51. The molecule has 12 heteroatoms. The summed E-state index contributed by atoms with van der Waals surface area (Å²) in [6, 6.07) is 1.04. The molecule has 194 valence electrons. The standard InChI is InChI=1S/C24H30F2N6O3S/c1-10(9-35-3)28-24-29-11(2)16(22(32-24)30-14-8-13(21(25)26)19(33)20(14)34)23-31-18-15(36-23)6-7-27-17(18)12-4-5-12/h6-7,10,12-14,19-21,33-34H,4-5,8-9H2,1-3H3,(H2,28,29,30,32)/t10-,13+,14?,19-,20+/m1/s1. The average molecular weight is 521 g/mol. The molecule has 2 fully saturated rings. The number of nitrogens with zero attached hydrogens (tertiary/aromatic N) is 4. The summed E-state index contributed by atoms with van der Waals surface area (Å²) in [4.78, 5) is 18.7. The van der Waals surface area contributed by atoms with E-state index in [1.165, 1.54) is 11.3 Å². The van der Waals surface area contributed by atoms with Gasteiger partial charge >= 0.3 is 0 Å². The van der Waals surface area contributed by atoms with Crippen molar-refractivity contribution in [2.24, 2.45) is 5.92 Å². The number of ether oxygens (including phenoxy) is 1. The molecule has 3 aromatic heterocycles. The van der Waals surface area contributed by atoms with Crippen LogP contribution in [0.2, 0.25) is 0 Å². The molecule has 9 nitrogen and oxygen atoms in total. The van der Waals surface area contributed by atoms with E-state index in [4.69, 9.17) is 9.72 Å². The molecule has 3 heterocycles. The van der Waals surface area contributed by atoms with Crippen molar-refractivity contribution >= 4 is 33.3 Å². The largest absolute Gasteiger partial charge is 0.390 e. The Morgan fingerprint density at radius 2 is 1.97 bits per heavy atom. The summed E-state index contributed by atoms with van der Waals surface area (Å²) in [7, 11) is 1.60. The van der Waals surface area contributed by atoms with Crippen LogP contribution in [-0.2, 0) is 4.74 Å². The van der Waals surface area contributed by atoms with Crippen LogP contribution in [0.5, 0.6) is 0 Å². The summed E-state index contributed by atoms with van der Waals surface area (Å²) in [6.45, 7) is 4.20. The third kappa shape index (κ3) is 4.86. The second kappa shape index (κ2) is 10.1. The molecular formula is C24H30F2N6O3S. The number of methoxy groups -OCH3 is 1. The van der Waals surface area contributed by atoms with Crippen molar-refractivity contribution in [1.29, 1.82) is 0 Å². The van der Waals surface area contributed by atoms with Crippen LogP contribution in [0.3, 0.4) is 0 Å². The fraction of sp³-hybridized carbons (Fsp3) is 0.583. The van der Waals surface area contributed by atoms with E-state index in [1.54, 1.807) is 13.3 Å². The fourth-order valence-corrected chi connectivity index (χ4v) is 5.85. The number of aliphatic hydroxyl groups is 2. The molecular weight excluding hydrogens is 490 g/mol. The Morgan fingerprint density at radius 3 is 2.64 bits per heavy atom. The summed E-state index contributed by atoms with van der Waals surface area (Å²) in [6.07, 6.45) is -1.73. The molecule has 2 aliphatic carbocycles. The zero-order valence-corrected chi connectivity index (χ0v) is 21.1. The van der Waals surface area contributed by atoms with Gasteiger partial charge in [-0.3, -0.25) is 4.98 Å². The zero-order valence-electron chi connectivity index (χ0n) is 20.3. The molecule has 0 aromatic carbocycles. The number of hydrogen-bond acceptors (Lipinski definition) is 10. The molecule has 1 unspecified atom stereocenters. The topological polar surface area (TPSA) is 125 Å². The number of alkyl halides is 2. The molecule has 5 atom stereocenters. The van der Waals surface area contributed by atoms with Gasteiger partial charge in [0.25, 0.3) is 0 Å². The molecule has 0 radical (unpaired) electrons. The fourth-order valence-electron chi connectivity index (χ4n) is 4.78. The van der Waals surface area contributed by atoms with Gasteiger partial charge in [0.2, 0.25) is 12.4 Å². The molecule has 0 saturated heterocycles. The SMILES string of the molecule is COC[C@@H](C)Nc1nc(C)c(-c2nc3c(C4CC4)nccc3s2)c(NC2C[C@H](C(F)F)[C@@H](O)[C@H]2O)n1. The van der Waals surface area contributed by atoms with E-state index in [0.717, 1.165) is 28.8 Å². The van der Waals surface area contributed by atoms with Gasteiger partial charge in [0.1, 0.15) is 22.4 Å². The minimum atomic E-state index is -2.74. The molecule has 5 rings (SSSR count). The lowest BCUT2D eigenvalue weighted by molar-refractivity contribution is -0.0333. The summed E-state index contributed by atoms with van der Waals surface area (Å²) in [5.41, 5.74) is 3.11. The number of thiazole rings is 1. The van der Waals surface area contributed by atoms with E-state index in [0.29, 0.717) is 40.6 Å². The monoisotopic (exact) mass is 520 g/mol. The van der Waals surface area contributed by atoms with Crippen LogP contribution < -0.4 is 10.6 Å². The zero-order chi connectivity index (χ0) is 25.6. The highest BCUT2D eigenvalue weighted by Gasteiger charge is 2.46. The Morgan fingerprint density at radius 1 is 1.19 bits per heavy atom. The van der Waals surface area contributed by atoms with Crippen LogP contribution in [0, 0.1) is 12.8 Å². The number of hydrogen-bond donors (Lipinski definition) is 4. The molecule has 2 aliphatic rings. The first-order chi connectivity index (χ1) is 17.3. The van der Waals surface area contributed by atoms with Crippen LogP contribution >= 0.6 is 11.3 Å². The van der Waals surface area contributed by atoms with Gasteiger partial charge in [0, 0.05) is 25.3 Å². The van der Waals surface area contributed by atoms with Crippen LogP contribution in [-0.4, -0.2) is 74.6 Å². The second-order valence-electron chi connectivity index (χ2n) is 9.66. The number of rotatable bonds is 9. The number of aromatic nitrogens is 4. The van der Waals surface area contributed by atoms with E-state index in [1.807, 2.05) is 19.9 Å². The Balaban J connectivity index is 1.55. The molecule has 0 aliphatic heterocycles. The number of fused-ring (bicyclic) bond motifs is 1. The third-order valence-electron chi connectivity index (χ3n) is 6.77. The first kappa shape index (κ1) is 25.1. The molecule has 0 spiro atoms. The van der Waals surface area contributed by atoms with E-state index in [2.05, 4.69) is 25.6 Å². The number of aryl methyl sites for hydroxylation is 1. The van der Waals surface area contributed by atoms with Gasteiger partial charge in [-0.25, -0.2) is 18.7 Å². The summed E-state index contributed by atoms with van der Waals surface area (Å²) in [5.74, 6) is -0.198. The predicted molar refractivity (Wildman–Crippen MR) is 134 cm³/mol. The molecule has 36 heavy (non-hydrogen) atoms. The van der Waals surface area contributed by atoms with Crippen molar-refractivity contribution < 1.29 is 23.7 Å². The Labute approximate surface area is 211 Å². The lowest BCUT2D eigenvalue weighted by Gasteiger charge is -2.22. The maximum Gasteiger partial charge on any atom is 0.244 e. The highest BCUT2D eigenvalue weighted by molar-refractivity contribution is 7.21. The third-order valence-corrected chi connectivity index (χ3v) is 7.81. The minimum Gasteiger partial charge on any atom is -0.390 e.